The summed E-state index contributed by atoms with van der Waals surface area (Å²) in [5.74, 6) is 0.981. The Morgan fingerprint density at radius 3 is 2.50 bits per heavy atom. The van der Waals surface area contributed by atoms with Crippen molar-refractivity contribution in [2.24, 2.45) is 17.1 Å². The number of rotatable bonds is 4. The van der Waals surface area contributed by atoms with Gasteiger partial charge in [-0.05, 0) is 50.7 Å². The van der Waals surface area contributed by atoms with Crippen molar-refractivity contribution in [1.29, 1.82) is 0 Å². The molecule has 20 heavy (non-hydrogen) atoms. The number of nitrogens with two attached hydrogens (primary N) is 1. The molecule has 0 aliphatic heterocycles. The van der Waals surface area contributed by atoms with Crippen LogP contribution >= 0.6 is 11.8 Å². The van der Waals surface area contributed by atoms with Crippen molar-refractivity contribution in [3.05, 3.63) is 0 Å². The van der Waals surface area contributed by atoms with E-state index in [0.29, 0.717) is 17.8 Å². The standard InChI is InChI=1S/C16H30N2OS/c1-12-7-9-16(11-17,10-8-12)15(19)18-13-5-3-4-6-14(13)20-2/h12-14H,3-11,17H2,1-2H3,(H,18,19). The first kappa shape index (κ1) is 16.2. The molecule has 0 aromatic rings. The van der Waals surface area contributed by atoms with Gasteiger partial charge in [-0.15, -0.1) is 0 Å². The third-order valence-electron chi connectivity index (χ3n) is 5.43. The Bertz CT molecular complexity index is 326. The van der Waals surface area contributed by atoms with Crippen LogP contribution in [0.25, 0.3) is 0 Å². The quantitative estimate of drug-likeness (QED) is 0.839. The Balaban J connectivity index is 1.98. The van der Waals surface area contributed by atoms with E-state index in [1.807, 2.05) is 11.8 Å². The minimum absolute atomic E-state index is 0.234. The summed E-state index contributed by atoms with van der Waals surface area (Å²) in [5.41, 5.74) is 5.71. The Labute approximate surface area is 127 Å². The molecule has 2 atom stereocenters. The van der Waals surface area contributed by atoms with Gasteiger partial charge in [0.15, 0.2) is 0 Å². The van der Waals surface area contributed by atoms with E-state index in [9.17, 15) is 4.79 Å². The second kappa shape index (κ2) is 7.17. The van der Waals surface area contributed by atoms with Crippen LogP contribution in [0.4, 0.5) is 0 Å². The molecule has 1 amide bonds. The van der Waals surface area contributed by atoms with Gasteiger partial charge in [0, 0.05) is 17.8 Å². The molecule has 2 aliphatic rings. The van der Waals surface area contributed by atoms with Crippen molar-refractivity contribution in [2.75, 3.05) is 12.8 Å². The molecule has 0 bridgehead atoms. The number of hydrogen-bond acceptors (Lipinski definition) is 3. The predicted octanol–water partition coefficient (Wildman–Crippen LogP) is 2.93. The molecule has 2 saturated carbocycles. The van der Waals surface area contributed by atoms with Crippen molar-refractivity contribution in [1.82, 2.24) is 5.32 Å². The SMILES string of the molecule is CSC1CCCCC1NC(=O)C1(CN)CCC(C)CC1. The monoisotopic (exact) mass is 298 g/mol. The average molecular weight is 298 g/mol. The molecule has 3 N–H and O–H groups in total. The van der Waals surface area contributed by atoms with E-state index in [1.165, 1.54) is 19.3 Å². The Morgan fingerprint density at radius 2 is 1.90 bits per heavy atom. The van der Waals surface area contributed by atoms with Crippen LogP contribution in [0.5, 0.6) is 0 Å². The minimum atomic E-state index is -0.285. The lowest BCUT2D eigenvalue weighted by atomic mass is 9.70. The van der Waals surface area contributed by atoms with Crippen LogP contribution in [0.15, 0.2) is 0 Å². The van der Waals surface area contributed by atoms with Crippen LogP contribution in [0.2, 0.25) is 0 Å². The van der Waals surface area contributed by atoms with Crippen LogP contribution in [-0.2, 0) is 4.79 Å². The summed E-state index contributed by atoms with van der Waals surface area (Å²) in [6.45, 7) is 2.78. The number of nitrogens with one attached hydrogen (secondary N) is 1. The fourth-order valence-electron chi connectivity index (χ4n) is 3.70. The molecule has 2 aliphatic carbocycles. The zero-order valence-corrected chi connectivity index (χ0v) is 13.8. The van der Waals surface area contributed by atoms with Gasteiger partial charge in [0.05, 0.1) is 5.41 Å². The van der Waals surface area contributed by atoms with Crippen molar-refractivity contribution < 1.29 is 4.79 Å². The molecule has 0 aromatic carbocycles. The molecule has 0 aromatic heterocycles. The smallest absolute Gasteiger partial charge is 0.227 e. The summed E-state index contributed by atoms with van der Waals surface area (Å²) >= 11 is 1.90. The summed E-state index contributed by atoms with van der Waals surface area (Å²) in [4.78, 5) is 12.8. The van der Waals surface area contributed by atoms with Crippen LogP contribution in [0.1, 0.15) is 58.3 Å². The van der Waals surface area contributed by atoms with Gasteiger partial charge < -0.3 is 11.1 Å². The molecule has 116 valence electrons. The molecule has 2 unspecified atom stereocenters. The Hall–Kier alpha value is -0.220. The lowest BCUT2D eigenvalue weighted by Gasteiger charge is -2.40. The van der Waals surface area contributed by atoms with Gasteiger partial charge in [0.25, 0.3) is 0 Å². The largest absolute Gasteiger partial charge is 0.352 e. The molecule has 0 spiro atoms. The highest BCUT2D eigenvalue weighted by atomic mass is 32.2. The van der Waals surface area contributed by atoms with Crippen molar-refractivity contribution in [3.63, 3.8) is 0 Å². The van der Waals surface area contributed by atoms with Gasteiger partial charge in [-0.2, -0.15) is 11.8 Å². The number of thioether (sulfide) groups is 1. The van der Waals surface area contributed by atoms with Crippen molar-refractivity contribution in [2.45, 2.75) is 69.6 Å². The van der Waals surface area contributed by atoms with E-state index >= 15 is 0 Å². The van der Waals surface area contributed by atoms with E-state index in [-0.39, 0.29) is 11.3 Å². The maximum atomic E-state index is 12.8. The van der Waals surface area contributed by atoms with Crippen LogP contribution in [-0.4, -0.2) is 30.0 Å². The van der Waals surface area contributed by atoms with Gasteiger partial charge in [-0.3, -0.25) is 4.79 Å². The van der Waals surface area contributed by atoms with Crippen LogP contribution < -0.4 is 11.1 Å². The number of carbonyl (C=O) groups excluding carboxylic acids is 1. The zero-order valence-electron chi connectivity index (χ0n) is 13.0. The van der Waals surface area contributed by atoms with E-state index in [4.69, 9.17) is 5.73 Å². The Kier molecular flexibility index (Phi) is 5.79. The molecular weight excluding hydrogens is 268 g/mol. The molecule has 2 fully saturated rings. The van der Waals surface area contributed by atoms with E-state index in [0.717, 1.165) is 38.0 Å². The second-order valence-electron chi connectivity index (χ2n) is 6.81. The topological polar surface area (TPSA) is 55.1 Å². The van der Waals surface area contributed by atoms with Gasteiger partial charge >= 0.3 is 0 Å². The average Bonchev–Trinajstić information content (AvgIpc) is 2.49. The summed E-state index contributed by atoms with van der Waals surface area (Å²) in [6, 6.07) is 0.356. The molecule has 4 heteroatoms. The Morgan fingerprint density at radius 1 is 1.25 bits per heavy atom. The number of hydrogen-bond donors (Lipinski definition) is 2. The predicted molar refractivity (Wildman–Crippen MR) is 86.8 cm³/mol. The summed E-state index contributed by atoms with van der Waals surface area (Å²) in [5, 5.41) is 3.94. The molecule has 2 rings (SSSR count). The second-order valence-corrected chi connectivity index (χ2v) is 7.88. The lowest BCUT2D eigenvalue weighted by Crippen LogP contribution is -2.53. The van der Waals surface area contributed by atoms with Gasteiger partial charge in [0.1, 0.15) is 0 Å². The first-order chi connectivity index (χ1) is 9.61. The third-order valence-corrected chi connectivity index (χ3v) is 6.60. The van der Waals surface area contributed by atoms with Crippen LogP contribution in [0, 0.1) is 11.3 Å². The first-order valence-corrected chi connectivity index (χ1v) is 9.44. The van der Waals surface area contributed by atoms with Gasteiger partial charge in [0.2, 0.25) is 5.91 Å². The van der Waals surface area contributed by atoms with Gasteiger partial charge in [-0.1, -0.05) is 19.8 Å². The summed E-state index contributed by atoms with van der Waals surface area (Å²) < 4.78 is 0. The minimum Gasteiger partial charge on any atom is -0.352 e. The highest BCUT2D eigenvalue weighted by Crippen LogP contribution is 2.39. The molecule has 0 heterocycles. The van der Waals surface area contributed by atoms with Crippen molar-refractivity contribution >= 4 is 17.7 Å². The molecule has 0 saturated heterocycles. The summed E-state index contributed by atoms with van der Waals surface area (Å²) in [7, 11) is 0. The van der Waals surface area contributed by atoms with Crippen LogP contribution in [0.3, 0.4) is 0 Å². The maximum absolute atomic E-state index is 12.8. The fraction of sp³-hybridized carbons (Fsp3) is 0.938. The zero-order chi connectivity index (χ0) is 14.6. The number of amides is 1. The van der Waals surface area contributed by atoms with E-state index in [2.05, 4.69) is 18.5 Å². The summed E-state index contributed by atoms with van der Waals surface area (Å²) in [6.07, 6.45) is 11.3. The lowest BCUT2D eigenvalue weighted by molar-refractivity contribution is -0.133. The van der Waals surface area contributed by atoms with Crippen molar-refractivity contribution in [3.8, 4) is 0 Å². The highest BCUT2D eigenvalue weighted by Gasteiger charge is 2.41. The van der Waals surface area contributed by atoms with Gasteiger partial charge in [-0.25, -0.2) is 0 Å². The molecule has 3 nitrogen and oxygen atoms in total. The van der Waals surface area contributed by atoms with E-state index < -0.39 is 0 Å². The maximum Gasteiger partial charge on any atom is 0.227 e. The fourth-order valence-corrected chi connectivity index (χ4v) is 4.64. The van der Waals surface area contributed by atoms with E-state index in [1.54, 1.807) is 0 Å². The first-order valence-electron chi connectivity index (χ1n) is 8.15. The normalized spacial score (nSPS) is 38.5. The number of carbonyl (C=O) groups is 1. The highest BCUT2D eigenvalue weighted by molar-refractivity contribution is 7.99. The third kappa shape index (κ3) is 3.51. The molecular formula is C16H30N2OS. The molecule has 0 radical (unpaired) electrons.